The van der Waals surface area contributed by atoms with Crippen molar-refractivity contribution < 1.29 is 18.0 Å². The second kappa shape index (κ2) is 7.00. The van der Waals surface area contributed by atoms with E-state index >= 15 is 0 Å². The third-order valence-corrected chi connectivity index (χ3v) is 3.81. The molecule has 9 heteroatoms. The van der Waals surface area contributed by atoms with Gasteiger partial charge in [0.1, 0.15) is 11.6 Å². The molecular formula is C18H10ClFN4O3. The maximum atomic E-state index is 13.8. The summed E-state index contributed by atoms with van der Waals surface area (Å²) in [4.78, 5) is 16.3. The molecule has 1 N–H and O–H groups in total. The maximum Gasteiger partial charge on any atom is 0.283 e. The molecule has 0 aliphatic heterocycles. The molecule has 0 spiro atoms. The molecule has 4 aromatic rings. The number of nitrogens with zero attached hydrogens (tertiary/aromatic N) is 3. The standard InChI is InChI=1S/C18H10ClFN4O3/c19-11-3-4-13(20)12(9-11)16(25)22-15-8-10(5-6-21-15)17-23-24-18(27-17)14-2-1-7-26-14/h1-9H,(H,21,22,25). The highest BCUT2D eigenvalue weighted by atomic mass is 35.5. The zero-order valence-electron chi connectivity index (χ0n) is 13.5. The Bertz CT molecular complexity index is 1110. The van der Waals surface area contributed by atoms with Gasteiger partial charge in [0.2, 0.25) is 5.89 Å². The second-order valence-electron chi connectivity index (χ2n) is 5.40. The zero-order chi connectivity index (χ0) is 18.8. The number of anilines is 1. The Labute approximate surface area is 156 Å². The van der Waals surface area contributed by atoms with Crippen molar-refractivity contribution in [1.82, 2.24) is 15.2 Å². The molecule has 0 aliphatic rings. The molecule has 27 heavy (non-hydrogen) atoms. The van der Waals surface area contributed by atoms with Crippen molar-refractivity contribution in [3.63, 3.8) is 0 Å². The normalized spacial score (nSPS) is 10.7. The van der Waals surface area contributed by atoms with Crippen molar-refractivity contribution in [2.24, 2.45) is 0 Å². The largest absolute Gasteiger partial charge is 0.459 e. The number of carbonyl (C=O) groups excluding carboxylic acids is 1. The van der Waals surface area contributed by atoms with Crippen LogP contribution in [0.4, 0.5) is 10.2 Å². The average Bonchev–Trinajstić information content (AvgIpc) is 3.35. The van der Waals surface area contributed by atoms with E-state index in [-0.39, 0.29) is 28.2 Å². The molecule has 0 saturated carbocycles. The van der Waals surface area contributed by atoms with E-state index < -0.39 is 11.7 Å². The van der Waals surface area contributed by atoms with Crippen LogP contribution in [0, 0.1) is 5.82 Å². The molecule has 1 amide bonds. The summed E-state index contributed by atoms with van der Waals surface area (Å²) < 4.78 is 24.6. The monoisotopic (exact) mass is 384 g/mol. The lowest BCUT2D eigenvalue weighted by atomic mass is 10.2. The molecule has 0 radical (unpaired) electrons. The van der Waals surface area contributed by atoms with Crippen molar-refractivity contribution in [1.29, 1.82) is 0 Å². The number of rotatable bonds is 4. The zero-order valence-corrected chi connectivity index (χ0v) is 14.3. The SMILES string of the molecule is O=C(Nc1cc(-c2nnc(-c3ccco3)o2)ccn1)c1cc(Cl)ccc1F. The number of halogens is 2. The first-order chi connectivity index (χ1) is 13.1. The van der Waals surface area contributed by atoms with Gasteiger partial charge < -0.3 is 14.2 Å². The van der Waals surface area contributed by atoms with E-state index in [4.69, 9.17) is 20.4 Å². The minimum atomic E-state index is -0.687. The summed E-state index contributed by atoms with van der Waals surface area (Å²) in [5.74, 6) is -0.302. The van der Waals surface area contributed by atoms with Crippen LogP contribution in [0.3, 0.4) is 0 Å². The van der Waals surface area contributed by atoms with Gasteiger partial charge in [-0.05, 0) is 42.5 Å². The number of amides is 1. The predicted octanol–water partition coefficient (Wildman–Crippen LogP) is 4.44. The number of carbonyl (C=O) groups is 1. The molecule has 0 atom stereocenters. The lowest BCUT2D eigenvalue weighted by Gasteiger charge is -2.06. The molecule has 0 aliphatic carbocycles. The number of pyridine rings is 1. The third kappa shape index (κ3) is 3.56. The Balaban J connectivity index is 1.58. The van der Waals surface area contributed by atoms with E-state index in [1.807, 2.05) is 0 Å². The van der Waals surface area contributed by atoms with Gasteiger partial charge in [-0.25, -0.2) is 9.37 Å². The van der Waals surface area contributed by atoms with Gasteiger partial charge in [0.25, 0.3) is 11.8 Å². The van der Waals surface area contributed by atoms with E-state index in [1.165, 1.54) is 30.7 Å². The van der Waals surface area contributed by atoms with Crippen LogP contribution in [0.25, 0.3) is 23.1 Å². The van der Waals surface area contributed by atoms with Gasteiger partial charge in [0, 0.05) is 16.8 Å². The number of aromatic nitrogens is 3. The van der Waals surface area contributed by atoms with Crippen molar-refractivity contribution in [2.45, 2.75) is 0 Å². The Hall–Kier alpha value is -3.52. The molecule has 0 unspecified atom stereocenters. The first-order valence-electron chi connectivity index (χ1n) is 7.70. The number of hydrogen-bond donors (Lipinski definition) is 1. The molecule has 0 fully saturated rings. The van der Waals surface area contributed by atoms with Crippen LogP contribution in [0.5, 0.6) is 0 Å². The van der Waals surface area contributed by atoms with Crippen molar-refractivity contribution in [3.05, 3.63) is 71.3 Å². The second-order valence-corrected chi connectivity index (χ2v) is 5.83. The van der Waals surface area contributed by atoms with Crippen LogP contribution in [-0.2, 0) is 0 Å². The topological polar surface area (TPSA) is 94.1 Å². The van der Waals surface area contributed by atoms with Crippen LogP contribution in [-0.4, -0.2) is 21.1 Å². The summed E-state index contributed by atoms with van der Waals surface area (Å²) in [6, 6.07) is 10.3. The third-order valence-electron chi connectivity index (χ3n) is 3.58. The van der Waals surface area contributed by atoms with Crippen LogP contribution in [0.2, 0.25) is 5.02 Å². The number of nitrogens with one attached hydrogen (secondary N) is 1. The van der Waals surface area contributed by atoms with Crippen molar-refractivity contribution in [3.8, 4) is 23.1 Å². The summed E-state index contributed by atoms with van der Waals surface area (Å²) in [6.45, 7) is 0. The van der Waals surface area contributed by atoms with Crippen LogP contribution >= 0.6 is 11.6 Å². The molecule has 134 valence electrons. The summed E-state index contributed by atoms with van der Waals surface area (Å²) in [5, 5.41) is 10.6. The minimum absolute atomic E-state index is 0.187. The fraction of sp³-hybridized carbons (Fsp3) is 0. The van der Waals surface area contributed by atoms with Gasteiger partial charge in [0.05, 0.1) is 11.8 Å². The van der Waals surface area contributed by atoms with Crippen LogP contribution < -0.4 is 5.32 Å². The molecule has 4 rings (SSSR count). The molecule has 1 aromatic carbocycles. The number of benzene rings is 1. The van der Waals surface area contributed by atoms with E-state index in [1.54, 1.807) is 18.2 Å². The highest BCUT2D eigenvalue weighted by Crippen LogP contribution is 2.25. The number of hydrogen-bond acceptors (Lipinski definition) is 6. The molecule has 3 heterocycles. The first-order valence-corrected chi connectivity index (χ1v) is 8.08. The van der Waals surface area contributed by atoms with E-state index in [0.29, 0.717) is 11.3 Å². The summed E-state index contributed by atoms with van der Waals surface area (Å²) in [6.07, 6.45) is 2.95. The molecule has 0 bridgehead atoms. The quantitative estimate of drug-likeness (QED) is 0.559. The molecule has 3 aromatic heterocycles. The lowest BCUT2D eigenvalue weighted by Crippen LogP contribution is -2.14. The van der Waals surface area contributed by atoms with Gasteiger partial charge in [0.15, 0.2) is 5.76 Å². The fourth-order valence-corrected chi connectivity index (χ4v) is 2.50. The van der Waals surface area contributed by atoms with E-state index in [0.717, 1.165) is 6.07 Å². The number of furan rings is 1. The van der Waals surface area contributed by atoms with Gasteiger partial charge in [-0.2, -0.15) is 0 Å². The van der Waals surface area contributed by atoms with E-state index in [2.05, 4.69) is 20.5 Å². The Morgan fingerprint density at radius 3 is 2.78 bits per heavy atom. The first kappa shape index (κ1) is 16.9. The smallest absolute Gasteiger partial charge is 0.283 e. The highest BCUT2D eigenvalue weighted by molar-refractivity contribution is 6.31. The van der Waals surface area contributed by atoms with E-state index in [9.17, 15) is 9.18 Å². The maximum absolute atomic E-state index is 13.8. The fourth-order valence-electron chi connectivity index (χ4n) is 2.33. The van der Waals surface area contributed by atoms with Crippen molar-refractivity contribution >= 4 is 23.3 Å². The van der Waals surface area contributed by atoms with Gasteiger partial charge in [-0.1, -0.05) is 11.6 Å². The Morgan fingerprint density at radius 1 is 1.11 bits per heavy atom. The highest BCUT2D eigenvalue weighted by Gasteiger charge is 2.16. The Morgan fingerprint density at radius 2 is 1.96 bits per heavy atom. The van der Waals surface area contributed by atoms with Gasteiger partial charge >= 0.3 is 0 Å². The summed E-state index contributed by atoms with van der Waals surface area (Å²) in [5.41, 5.74) is 0.338. The van der Waals surface area contributed by atoms with Gasteiger partial charge in [-0.15, -0.1) is 10.2 Å². The predicted molar refractivity (Wildman–Crippen MR) is 94.6 cm³/mol. The molecular weight excluding hydrogens is 375 g/mol. The van der Waals surface area contributed by atoms with Crippen LogP contribution in [0.1, 0.15) is 10.4 Å². The molecule has 7 nitrogen and oxygen atoms in total. The van der Waals surface area contributed by atoms with Crippen LogP contribution in [0.15, 0.2) is 63.8 Å². The average molecular weight is 385 g/mol. The summed E-state index contributed by atoms with van der Waals surface area (Å²) >= 11 is 5.82. The lowest BCUT2D eigenvalue weighted by molar-refractivity contribution is 0.102. The summed E-state index contributed by atoms with van der Waals surface area (Å²) in [7, 11) is 0. The Kier molecular flexibility index (Phi) is 4.39. The van der Waals surface area contributed by atoms with Crippen molar-refractivity contribution in [2.75, 3.05) is 5.32 Å². The molecule has 0 saturated heterocycles. The van der Waals surface area contributed by atoms with Gasteiger partial charge in [-0.3, -0.25) is 4.79 Å². The minimum Gasteiger partial charge on any atom is -0.459 e.